The summed E-state index contributed by atoms with van der Waals surface area (Å²) < 4.78 is 17.3. The largest absolute Gasteiger partial charge is 0.456 e. The molecule has 15 aromatic rings. The molecule has 4 heterocycles. The van der Waals surface area contributed by atoms with E-state index in [0.717, 1.165) is 112 Å². The van der Waals surface area contributed by atoms with Gasteiger partial charge in [-0.2, -0.15) is 0 Å². The monoisotopic (exact) mass is 982 g/mol. The Morgan fingerprint density at radius 3 is 1.25 bits per heavy atom. The minimum atomic E-state index is 0.902. The van der Waals surface area contributed by atoms with Gasteiger partial charge in [-0.15, -0.1) is 0 Å². The molecule has 4 nitrogen and oxygen atoms in total. The highest BCUT2D eigenvalue weighted by Crippen LogP contribution is 2.42. The molecule has 1 aliphatic rings. The number of fused-ring (bicyclic) bond motifs is 12. The molecule has 4 heteroatoms. The van der Waals surface area contributed by atoms with E-state index in [-0.39, 0.29) is 0 Å². The third-order valence-electron chi connectivity index (χ3n) is 16.0. The van der Waals surface area contributed by atoms with E-state index in [4.69, 9.17) is 8.83 Å². The molecule has 4 aromatic heterocycles. The molecule has 0 aliphatic heterocycles. The summed E-state index contributed by atoms with van der Waals surface area (Å²) in [6, 6.07) is 88.7. The number of nitrogens with zero attached hydrogens (tertiary/aromatic N) is 2. The van der Waals surface area contributed by atoms with Crippen molar-refractivity contribution < 1.29 is 8.83 Å². The van der Waals surface area contributed by atoms with Crippen molar-refractivity contribution in [1.82, 2.24) is 9.13 Å². The van der Waals surface area contributed by atoms with Crippen molar-refractivity contribution in [2.24, 2.45) is 0 Å². The fourth-order valence-corrected chi connectivity index (χ4v) is 12.1. The molecule has 1 aliphatic carbocycles. The average Bonchev–Trinajstić information content (AvgIpc) is 4.32. The van der Waals surface area contributed by atoms with Crippen LogP contribution in [0.5, 0.6) is 0 Å². The third kappa shape index (κ3) is 7.07. The second-order valence-electron chi connectivity index (χ2n) is 20.4. The Hall–Kier alpha value is -10.2. The van der Waals surface area contributed by atoms with Gasteiger partial charge in [-0.25, -0.2) is 0 Å². The summed E-state index contributed by atoms with van der Waals surface area (Å²) in [6.45, 7) is 0. The van der Waals surface area contributed by atoms with E-state index in [0.29, 0.717) is 0 Å². The zero-order chi connectivity index (χ0) is 50.6. The number of hydrogen-bond acceptors (Lipinski definition) is 2. The molecule has 0 N–H and O–H groups in total. The van der Waals surface area contributed by atoms with Gasteiger partial charge in [0.25, 0.3) is 0 Å². The summed E-state index contributed by atoms with van der Waals surface area (Å²) in [5, 5.41) is 8.25. The Bertz CT molecular complexity index is 4910. The first kappa shape index (κ1) is 43.3. The number of hydrogen-bond donors (Lipinski definition) is 0. The third-order valence-corrected chi connectivity index (χ3v) is 16.0. The maximum Gasteiger partial charge on any atom is 0.135 e. The van der Waals surface area contributed by atoms with Gasteiger partial charge in [0.2, 0.25) is 0 Å². The maximum atomic E-state index is 6.26. The van der Waals surface area contributed by atoms with Crippen LogP contribution in [0.3, 0.4) is 0 Å². The first-order chi connectivity index (χ1) is 38.1. The van der Waals surface area contributed by atoms with Crippen LogP contribution < -0.4 is 0 Å². The van der Waals surface area contributed by atoms with Gasteiger partial charge in [0, 0.05) is 54.6 Å². The predicted molar refractivity (Wildman–Crippen MR) is 322 cm³/mol. The van der Waals surface area contributed by atoms with Gasteiger partial charge in [0.1, 0.15) is 22.5 Å². The summed E-state index contributed by atoms with van der Waals surface area (Å²) in [5.74, 6) is 0.919. The smallest absolute Gasteiger partial charge is 0.135 e. The van der Waals surface area contributed by atoms with Crippen LogP contribution in [-0.2, 0) is 0 Å². The summed E-state index contributed by atoms with van der Waals surface area (Å²) in [4.78, 5) is 0. The normalized spacial score (nSPS) is 12.5. The van der Waals surface area contributed by atoms with E-state index in [1.165, 1.54) is 49.3 Å². The van der Waals surface area contributed by atoms with Gasteiger partial charge in [-0.1, -0.05) is 170 Å². The number of aromatic nitrogens is 2. The van der Waals surface area contributed by atoms with Gasteiger partial charge < -0.3 is 18.0 Å². The summed E-state index contributed by atoms with van der Waals surface area (Å²) in [7, 11) is 0. The van der Waals surface area contributed by atoms with Crippen LogP contribution in [0.25, 0.3) is 156 Å². The van der Waals surface area contributed by atoms with Crippen LogP contribution in [0.4, 0.5) is 0 Å². The Morgan fingerprint density at radius 2 is 0.675 bits per heavy atom. The van der Waals surface area contributed by atoms with Gasteiger partial charge in [0.05, 0.1) is 22.1 Å². The second-order valence-corrected chi connectivity index (χ2v) is 20.4. The van der Waals surface area contributed by atoms with E-state index in [1.807, 2.05) is 12.1 Å². The SMILES string of the molecule is C1=Cc2oc3ccc(-c4ccc(-n5c6ccc(-c7ccccc7)cc6c6ccc(-c7ccc8c9cc(-c%10ccccc%10)ccc9n(-c9ccc(-c%10ccc%11oc%12ccccc%12c%11c%10)cc9)c8c7)cc65)cc4)cc3c2C=CC1. The summed E-state index contributed by atoms with van der Waals surface area (Å²) in [6.07, 6.45) is 9.54. The number of para-hydroxylation sites is 1. The zero-order valence-corrected chi connectivity index (χ0v) is 41.8. The average molecular weight is 983 g/mol. The Kier molecular flexibility index (Phi) is 9.67. The van der Waals surface area contributed by atoms with Crippen LogP contribution in [-0.4, -0.2) is 9.13 Å². The first-order valence-corrected chi connectivity index (χ1v) is 26.4. The molecule has 360 valence electrons. The van der Waals surface area contributed by atoms with Crippen LogP contribution in [0.2, 0.25) is 0 Å². The Balaban J connectivity index is 0.838. The van der Waals surface area contributed by atoms with Crippen molar-refractivity contribution in [1.29, 1.82) is 0 Å². The molecule has 0 atom stereocenters. The molecule has 0 fully saturated rings. The fourth-order valence-electron chi connectivity index (χ4n) is 12.1. The molecular weight excluding hydrogens is 937 g/mol. The molecular formula is C73H46N2O2. The topological polar surface area (TPSA) is 36.1 Å². The molecule has 0 saturated heterocycles. The van der Waals surface area contributed by atoms with Gasteiger partial charge in [0.15, 0.2) is 0 Å². The fraction of sp³-hybridized carbons (Fsp3) is 0.0137. The van der Waals surface area contributed by atoms with E-state index in [2.05, 4.69) is 264 Å². The lowest BCUT2D eigenvalue weighted by Crippen LogP contribution is -1.95. The molecule has 77 heavy (non-hydrogen) atoms. The maximum absolute atomic E-state index is 6.26. The van der Waals surface area contributed by atoms with E-state index in [1.54, 1.807) is 0 Å². The summed E-state index contributed by atoms with van der Waals surface area (Å²) in [5.41, 5.74) is 22.4. The number of benzene rings is 11. The minimum absolute atomic E-state index is 0.902. The van der Waals surface area contributed by atoms with Crippen LogP contribution in [0.1, 0.15) is 17.7 Å². The molecule has 0 saturated carbocycles. The van der Waals surface area contributed by atoms with E-state index in [9.17, 15) is 0 Å². The molecule has 0 unspecified atom stereocenters. The van der Waals surface area contributed by atoms with Crippen LogP contribution in [0, 0.1) is 0 Å². The number of rotatable bonds is 7. The van der Waals surface area contributed by atoms with Gasteiger partial charge in [-0.05, 0) is 159 Å². The van der Waals surface area contributed by atoms with Crippen molar-refractivity contribution in [2.45, 2.75) is 6.42 Å². The standard InChI is InChI=1S/C73H46N2O2/c1-4-12-46(13-5-1)50-26-36-66-62(40-50)58-34-24-54(44-68(58)74(66)56-30-20-48(21-31-56)52-28-38-72-64(42-52)60-16-8-3-9-18-70(60)76-72)55-25-35-59-63-41-51(47-14-6-2-7-15-47)27-37-67(63)75(69(59)45-55)57-32-22-49(23-33-57)53-29-39-73-65(43-53)61-17-10-11-19-71(61)77-73/h1-2,4-45H,3H2. The van der Waals surface area contributed by atoms with Crippen molar-refractivity contribution in [3.8, 4) is 67.0 Å². The van der Waals surface area contributed by atoms with Crippen molar-refractivity contribution in [3.05, 3.63) is 266 Å². The lowest BCUT2D eigenvalue weighted by atomic mass is 9.99. The molecule has 0 radical (unpaired) electrons. The lowest BCUT2D eigenvalue weighted by Gasteiger charge is -2.12. The minimum Gasteiger partial charge on any atom is -0.456 e. The van der Waals surface area contributed by atoms with E-state index < -0.39 is 0 Å². The number of furan rings is 2. The number of allylic oxidation sites excluding steroid dienone is 2. The Morgan fingerprint density at radius 1 is 0.260 bits per heavy atom. The highest BCUT2D eigenvalue weighted by molar-refractivity contribution is 6.14. The molecule has 0 spiro atoms. The Labute approximate surface area is 443 Å². The molecule has 16 rings (SSSR count). The molecule has 0 bridgehead atoms. The molecule has 0 amide bonds. The highest BCUT2D eigenvalue weighted by Gasteiger charge is 2.20. The quantitative estimate of drug-likeness (QED) is 0.160. The van der Waals surface area contributed by atoms with Crippen LogP contribution >= 0.6 is 0 Å². The van der Waals surface area contributed by atoms with Gasteiger partial charge in [-0.3, -0.25) is 0 Å². The van der Waals surface area contributed by atoms with E-state index >= 15 is 0 Å². The predicted octanol–water partition coefficient (Wildman–Crippen LogP) is 20.3. The van der Waals surface area contributed by atoms with Crippen LogP contribution in [0.15, 0.2) is 264 Å². The highest BCUT2D eigenvalue weighted by atomic mass is 16.3. The van der Waals surface area contributed by atoms with Gasteiger partial charge >= 0.3 is 0 Å². The zero-order valence-electron chi connectivity index (χ0n) is 41.8. The van der Waals surface area contributed by atoms with Crippen molar-refractivity contribution >= 4 is 88.7 Å². The molecule has 11 aromatic carbocycles. The van der Waals surface area contributed by atoms with Crippen molar-refractivity contribution in [2.75, 3.05) is 0 Å². The van der Waals surface area contributed by atoms with Crippen molar-refractivity contribution in [3.63, 3.8) is 0 Å². The summed E-state index contributed by atoms with van der Waals surface area (Å²) >= 11 is 0. The lowest BCUT2D eigenvalue weighted by molar-refractivity contribution is 0.603. The second kappa shape index (κ2) is 17.2. The first-order valence-electron chi connectivity index (χ1n) is 26.4.